The smallest absolute Gasteiger partial charge is 0.277 e. The molecule has 0 saturated carbocycles. The van der Waals surface area contributed by atoms with E-state index in [1.165, 1.54) is 23.0 Å². The second-order valence-corrected chi connectivity index (χ2v) is 7.35. The van der Waals surface area contributed by atoms with E-state index in [1.807, 2.05) is 24.3 Å². The summed E-state index contributed by atoms with van der Waals surface area (Å²) in [6.45, 7) is 0.629. The highest BCUT2D eigenvalue weighted by molar-refractivity contribution is 9.10. The van der Waals surface area contributed by atoms with Gasteiger partial charge in [-0.2, -0.15) is 0 Å². The molecule has 0 aliphatic rings. The van der Waals surface area contributed by atoms with Gasteiger partial charge in [-0.3, -0.25) is 14.2 Å². The van der Waals surface area contributed by atoms with Crippen LogP contribution in [0.3, 0.4) is 0 Å². The molecule has 0 fully saturated rings. The number of carbonyl (C=O) groups is 1. The van der Waals surface area contributed by atoms with Crippen molar-refractivity contribution in [1.29, 1.82) is 0 Å². The summed E-state index contributed by atoms with van der Waals surface area (Å²) in [6, 6.07) is 11.9. The van der Waals surface area contributed by atoms with Gasteiger partial charge < -0.3 is 10.3 Å². The molecule has 2 N–H and O–H groups in total. The molecule has 0 unspecified atom stereocenters. The third-order valence-electron chi connectivity index (χ3n) is 4.52. The number of nitrogens with one attached hydrogen (secondary N) is 2. The Labute approximate surface area is 167 Å². The van der Waals surface area contributed by atoms with Gasteiger partial charge in [0.15, 0.2) is 0 Å². The van der Waals surface area contributed by atoms with Gasteiger partial charge in [-0.15, -0.1) is 0 Å². The van der Waals surface area contributed by atoms with E-state index in [0.717, 1.165) is 10.0 Å². The average molecular weight is 443 g/mol. The molecule has 8 heteroatoms. The molecule has 142 valence electrons. The molecule has 0 radical (unpaired) electrons. The molecular formula is C20H16BrFN4O2. The van der Waals surface area contributed by atoms with Gasteiger partial charge in [0.05, 0.1) is 6.33 Å². The van der Waals surface area contributed by atoms with Gasteiger partial charge >= 0.3 is 0 Å². The largest absolute Gasteiger partial charge is 0.352 e. The SMILES string of the molecule is O=C(CCn1cnc2c([nH]c3ccc(F)cc32)c1=O)NCc1ccc(Br)cc1. The quantitative estimate of drug-likeness (QED) is 0.496. The third-order valence-corrected chi connectivity index (χ3v) is 5.05. The van der Waals surface area contributed by atoms with Gasteiger partial charge in [0.2, 0.25) is 5.91 Å². The molecule has 0 aliphatic carbocycles. The van der Waals surface area contributed by atoms with Crippen molar-refractivity contribution in [1.82, 2.24) is 19.9 Å². The Morgan fingerprint density at radius 1 is 1.21 bits per heavy atom. The molecule has 28 heavy (non-hydrogen) atoms. The van der Waals surface area contributed by atoms with Crippen LogP contribution in [0, 0.1) is 5.82 Å². The molecule has 4 rings (SSSR count). The van der Waals surface area contributed by atoms with Gasteiger partial charge in [-0.05, 0) is 35.9 Å². The number of carbonyl (C=O) groups excluding carboxylic acids is 1. The number of benzene rings is 2. The maximum atomic E-state index is 13.5. The summed E-state index contributed by atoms with van der Waals surface area (Å²) in [4.78, 5) is 32.0. The van der Waals surface area contributed by atoms with E-state index < -0.39 is 0 Å². The minimum Gasteiger partial charge on any atom is -0.352 e. The number of H-pyrrole nitrogens is 1. The summed E-state index contributed by atoms with van der Waals surface area (Å²) in [5, 5.41) is 3.40. The Morgan fingerprint density at radius 3 is 2.79 bits per heavy atom. The highest BCUT2D eigenvalue weighted by atomic mass is 79.9. The molecule has 2 aromatic carbocycles. The van der Waals surface area contributed by atoms with Gasteiger partial charge in [-0.25, -0.2) is 9.37 Å². The summed E-state index contributed by atoms with van der Waals surface area (Å²) >= 11 is 3.37. The van der Waals surface area contributed by atoms with Crippen molar-refractivity contribution in [3.8, 4) is 0 Å². The number of nitrogens with zero attached hydrogens (tertiary/aromatic N) is 2. The highest BCUT2D eigenvalue weighted by Crippen LogP contribution is 2.22. The van der Waals surface area contributed by atoms with Crippen LogP contribution < -0.4 is 10.9 Å². The maximum absolute atomic E-state index is 13.5. The fourth-order valence-corrected chi connectivity index (χ4v) is 3.30. The highest BCUT2D eigenvalue weighted by Gasteiger charge is 2.12. The van der Waals surface area contributed by atoms with Gasteiger partial charge in [0.1, 0.15) is 16.9 Å². The van der Waals surface area contributed by atoms with Gasteiger partial charge in [0.25, 0.3) is 5.56 Å². The lowest BCUT2D eigenvalue weighted by Crippen LogP contribution is -2.27. The second-order valence-electron chi connectivity index (χ2n) is 6.43. The first-order valence-corrected chi connectivity index (χ1v) is 9.48. The first kappa shape index (κ1) is 18.4. The van der Waals surface area contributed by atoms with E-state index in [0.29, 0.717) is 28.5 Å². The standard InChI is InChI=1S/C20H16BrFN4O2/c21-13-3-1-12(2-4-13)10-23-17(27)7-8-26-11-24-18-15-9-14(22)5-6-16(15)25-19(18)20(26)28/h1-6,9,11,25H,7-8,10H2,(H,23,27). The molecule has 6 nitrogen and oxygen atoms in total. The lowest BCUT2D eigenvalue weighted by Gasteiger charge is -2.07. The number of fused-ring (bicyclic) bond motifs is 3. The number of rotatable bonds is 5. The molecular weight excluding hydrogens is 427 g/mol. The molecule has 4 aromatic rings. The number of aromatic amines is 1. The third kappa shape index (κ3) is 3.68. The monoisotopic (exact) mass is 442 g/mol. The van der Waals surface area contributed by atoms with Crippen molar-refractivity contribution in [3.63, 3.8) is 0 Å². The predicted molar refractivity (Wildman–Crippen MR) is 108 cm³/mol. The van der Waals surface area contributed by atoms with Crippen LogP contribution in [0.5, 0.6) is 0 Å². The van der Waals surface area contributed by atoms with Crippen molar-refractivity contribution in [2.24, 2.45) is 0 Å². The van der Waals surface area contributed by atoms with E-state index in [9.17, 15) is 14.0 Å². The van der Waals surface area contributed by atoms with E-state index >= 15 is 0 Å². The van der Waals surface area contributed by atoms with Crippen LogP contribution in [0.25, 0.3) is 21.9 Å². The van der Waals surface area contributed by atoms with Crippen molar-refractivity contribution >= 4 is 43.8 Å². The Balaban J connectivity index is 1.46. The molecule has 0 spiro atoms. The van der Waals surface area contributed by atoms with Crippen molar-refractivity contribution in [2.75, 3.05) is 0 Å². The topological polar surface area (TPSA) is 79.8 Å². The van der Waals surface area contributed by atoms with Crippen LogP contribution in [0.15, 0.2) is 58.1 Å². The van der Waals surface area contributed by atoms with Crippen molar-refractivity contribution in [2.45, 2.75) is 19.5 Å². The number of hydrogen-bond donors (Lipinski definition) is 2. The van der Waals surface area contributed by atoms with Crippen LogP contribution in [-0.4, -0.2) is 20.4 Å². The maximum Gasteiger partial charge on any atom is 0.277 e. The first-order chi connectivity index (χ1) is 13.5. The minimum atomic E-state index is -0.387. The lowest BCUT2D eigenvalue weighted by molar-refractivity contribution is -0.121. The number of aromatic nitrogens is 3. The zero-order valence-electron chi connectivity index (χ0n) is 14.7. The fourth-order valence-electron chi connectivity index (χ4n) is 3.03. The number of aryl methyl sites for hydroxylation is 1. The van der Waals surface area contributed by atoms with Crippen molar-refractivity contribution < 1.29 is 9.18 Å². The summed E-state index contributed by atoms with van der Waals surface area (Å²) in [5.41, 5.74) is 2.07. The Bertz CT molecular complexity index is 1230. The minimum absolute atomic E-state index is 0.151. The zero-order chi connectivity index (χ0) is 19.7. The van der Waals surface area contributed by atoms with Crippen LogP contribution in [0.1, 0.15) is 12.0 Å². The molecule has 0 aliphatic heterocycles. The van der Waals surface area contributed by atoms with E-state index in [4.69, 9.17) is 0 Å². The van der Waals surface area contributed by atoms with Crippen molar-refractivity contribution in [3.05, 3.63) is 75.0 Å². The summed E-state index contributed by atoms with van der Waals surface area (Å²) in [5.74, 6) is -0.546. The number of halogens is 2. The van der Waals surface area contributed by atoms with E-state index in [-0.39, 0.29) is 30.2 Å². The molecule has 0 bridgehead atoms. The first-order valence-electron chi connectivity index (χ1n) is 8.69. The summed E-state index contributed by atoms with van der Waals surface area (Å²) in [6.07, 6.45) is 1.54. The molecule has 2 heterocycles. The number of amides is 1. The second kappa shape index (κ2) is 7.55. The van der Waals surface area contributed by atoms with Gasteiger partial charge in [-0.1, -0.05) is 28.1 Å². The van der Waals surface area contributed by atoms with Crippen LogP contribution in [-0.2, 0) is 17.9 Å². The lowest BCUT2D eigenvalue weighted by atomic mass is 10.2. The van der Waals surface area contributed by atoms with Crippen LogP contribution in [0.2, 0.25) is 0 Å². The van der Waals surface area contributed by atoms with Crippen LogP contribution in [0.4, 0.5) is 4.39 Å². The average Bonchev–Trinajstić information content (AvgIpc) is 3.06. The summed E-state index contributed by atoms with van der Waals surface area (Å²) < 4.78 is 15.8. The number of hydrogen-bond acceptors (Lipinski definition) is 3. The van der Waals surface area contributed by atoms with E-state index in [2.05, 4.69) is 31.2 Å². The predicted octanol–water partition coefficient (Wildman–Crippen LogP) is 3.49. The molecule has 2 aromatic heterocycles. The Kier molecular flexibility index (Phi) is 4.95. The zero-order valence-corrected chi connectivity index (χ0v) is 16.3. The Hall–Kier alpha value is -3.00. The van der Waals surface area contributed by atoms with Crippen LogP contribution >= 0.6 is 15.9 Å². The molecule has 0 atom stereocenters. The fraction of sp³-hybridized carbons (Fsp3) is 0.150. The summed E-state index contributed by atoms with van der Waals surface area (Å²) in [7, 11) is 0. The normalized spacial score (nSPS) is 11.2. The van der Waals surface area contributed by atoms with E-state index in [1.54, 1.807) is 6.07 Å². The Morgan fingerprint density at radius 2 is 2.00 bits per heavy atom. The molecule has 1 amide bonds. The molecule has 0 saturated heterocycles. The van der Waals surface area contributed by atoms with Gasteiger partial charge in [0, 0.05) is 34.9 Å².